The van der Waals surface area contributed by atoms with E-state index in [2.05, 4.69) is 17.4 Å². The zero-order valence-corrected chi connectivity index (χ0v) is 11.6. The number of nitrogens with one attached hydrogen (secondary N) is 1. The molecule has 4 nitrogen and oxygen atoms in total. The van der Waals surface area contributed by atoms with E-state index in [1.165, 1.54) is 10.5 Å². The average molecular weight is 272 g/mol. The molecule has 0 bridgehead atoms. The fourth-order valence-corrected chi connectivity index (χ4v) is 3.28. The van der Waals surface area contributed by atoms with Gasteiger partial charge in [0.15, 0.2) is 0 Å². The van der Waals surface area contributed by atoms with Crippen LogP contribution in [0.2, 0.25) is 0 Å². The summed E-state index contributed by atoms with van der Waals surface area (Å²) in [5, 5.41) is 2.92. The Balaban J connectivity index is 1.58. The Morgan fingerprint density at radius 2 is 1.80 bits per heavy atom. The van der Waals surface area contributed by atoms with Crippen LogP contribution in [0.1, 0.15) is 37.7 Å². The van der Waals surface area contributed by atoms with Gasteiger partial charge in [0.2, 0.25) is 0 Å². The Morgan fingerprint density at radius 3 is 2.50 bits per heavy atom. The third-order valence-electron chi connectivity index (χ3n) is 4.39. The lowest BCUT2D eigenvalue weighted by Gasteiger charge is -2.19. The molecule has 0 aromatic heterocycles. The second-order valence-electron chi connectivity index (χ2n) is 5.77. The van der Waals surface area contributed by atoms with E-state index < -0.39 is 5.54 Å². The molecule has 2 fully saturated rings. The monoisotopic (exact) mass is 272 g/mol. The smallest absolute Gasteiger partial charge is 0.323 e. The molecule has 1 saturated heterocycles. The lowest BCUT2D eigenvalue weighted by Crippen LogP contribution is -2.44. The van der Waals surface area contributed by atoms with Crippen LogP contribution < -0.4 is 5.32 Å². The summed E-state index contributed by atoms with van der Waals surface area (Å²) in [7, 11) is 0. The molecule has 3 rings (SSSR count). The number of amides is 3. The second kappa shape index (κ2) is 5.27. The number of benzene rings is 1. The number of urea groups is 1. The number of aryl methyl sites for hydroxylation is 1. The number of imide groups is 1. The zero-order valence-electron chi connectivity index (χ0n) is 11.6. The number of carbonyl (C=O) groups excluding carboxylic acids is 2. The summed E-state index contributed by atoms with van der Waals surface area (Å²) in [6.07, 6.45) is 5.37. The number of carbonyl (C=O) groups is 2. The van der Waals surface area contributed by atoms with Crippen molar-refractivity contribution in [3.05, 3.63) is 35.9 Å². The third kappa shape index (κ3) is 2.30. The lowest BCUT2D eigenvalue weighted by molar-refractivity contribution is -0.131. The predicted octanol–water partition coefficient (Wildman–Crippen LogP) is 2.48. The van der Waals surface area contributed by atoms with Gasteiger partial charge in [-0.1, -0.05) is 43.2 Å². The molecule has 1 aromatic carbocycles. The minimum Gasteiger partial charge on any atom is -0.323 e. The molecule has 0 atom stereocenters. The highest BCUT2D eigenvalue weighted by Crippen LogP contribution is 2.35. The number of hydrogen-bond acceptors (Lipinski definition) is 2. The van der Waals surface area contributed by atoms with E-state index in [-0.39, 0.29) is 11.9 Å². The molecule has 2 aliphatic rings. The predicted molar refractivity (Wildman–Crippen MR) is 76.2 cm³/mol. The first-order valence-electron chi connectivity index (χ1n) is 7.39. The van der Waals surface area contributed by atoms with Crippen LogP contribution in [0, 0.1) is 0 Å². The van der Waals surface area contributed by atoms with Crippen molar-refractivity contribution in [1.29, 1.82) is 0 Å². The van der Waals surface area contributed by atoms with E-state index in [0.29, 0.717) is 6.54 Å². The van der Waals surface area contributed by atoms with Crippen LogP contribution in [0.25, 0.3) is 0 Å². The molecule has 0 unspecified atom stereocenters. The molecular weight excluding hydrogens is 252 g/mol. The van der Waals surface area contributed by atoms with Crippen molar-refractivity contribution in [2.45, 2.75) is 44.1 Å². The highest BCUT2D eigenvalue weighted by molar-refractivity contribution is 6.07. The molecule has 1 saturated carbocycles. The van der Waals surface area contributed by atoms with Crippen molar-refractivity contribution in [1.82, 2.24) is 10.2 Å². The first-order valence-corrected chi connectivity index (χ1v) is 7.39. The molecule has 1 N–H and O–H groups in total. The summed E-state index contributed by atoms with van der Waals surface area (Å²) in [5.74, 6) is -0.00642. The van der Waals surface area contributed by atoms with Gasteiger partial charge in [0, 0.05) is 6.54 Å². The molecule has 1 aromatic rings. The summed E-state index contributed by atoms with van der Waals surface area (Å²) in [6.45, 7) is 0.515. The largest absolute Gasteiger partial charge is 0.325 e. The Hall–Kier alpha value is -1.84. The van der Waals surface area contributed by atoms with Gasteiger partial charge < -0.3 is 5.32 Å². The summed E-state index contributed by atoms with van der Waals surface area (Å²) in [6, 6.07) is 9.96. The van der Waals surface area contributed by atoms with Crippen LogP contribution in [0.15, 0.2) is 30.3 Å². The molecule has 1 aliphatic heterocycles. The topological polar surface area (TPSA) is 49.4 Å². The van der Waals surface area contributed by atoms with E-state index in [1.54, 1.807) is 0 Å². The summed E-state index contributed by atoms with van der Waals surface area (Å²) in [5.41, 5.74) is 0.680. The third-order valence-corrected chi connectivity index (χ3v) is 4.39. The molecule has 1 aliphatic carbocycles. The molecule has 106 valence electrons. The van der Waals surface area contributed by atoms with Crippen molar-refractivity contribution < 1.29 is 9.59 Å². The Labute approximate surface area is 119 Å². The van der Waals surface area contributed by atoms with E-state index in [0.717, 1.165) is 38.5 Å². The average Bonchev–Trinajstić information content (AvgIpc) is 3.01. The number of hydrogen-bond donors (Lipinski definition) is 1. The molecular formula is C16H20N2O2. The Bertz CT molecular complexity index is 506. The molecule has 1 spiro atoms. The van der Waals surface area contributed by atoms with Crippen molar-refractivity contribution in [2.75, 3.05) is 6.54 Å². The second-order valence-corrected chi connectivity index (χ2v) is 5.77. The van der Waals surface area contributed by atoms with Crippen LogP contribution in [-0.2, 0) is 11.2 Å². The van der Waals surface area contributed by atoms with Crippen molar-refractivity contribution >= 4 is 11.9 Å². The van der Waals surface area contributed by atoms with E-state index in [9.17, 15) is 9.59 Å². The fourth-order valence-electron chi connectivity index (χ4n) is 3.28. The molecule has 0 radical (unpaired) electrons. The van der Waals surface area contributed by atoms with E-state index >= 15 is 0 Å². The van der Waals surface area contributed by atoms with E-state index in [4.69, 9.17) is 0 Å². The normalized spacial score (nSPS) is 20.7. The minimum absolute atomic E-state index is 0.00642. The SMILES string of the molecule is O=C1NC2(CCCC2)C(=O)N1CCCc1ccccc1. The van der Waals surface area contributed by atoms with Gasteiger partial charge in [0.05, 0.1) is 0 Å². The van der Waals surface area contributed by atoms with Gasteiger partial charge >= 0.3 is 6.03 Å². The summed E-state index contributed by atoms with van der Waals surface area (Å²) >= 11 is 0. The fraction of sp³-hybridized carbons (Fsp3) is 0.500. The van der Waals surface area contributed by atoms with Gasteiger partial charge in [-0.05, 0) is 31.2 Å². The first-order chi connectivity index (χ1) is 9.71. The van der Waals surface area contributed by atoms with Crippen molar-refractivity contribution in [3.63, 3.8) is 0 Å². The van der Waals surface area contributed by atoms with Crippen LogP contribution in [0.3, 0.4) is 0 Å². The lowest BCUT2D eigenvalue weighted by atomic mass is 9.98. The van der Waals surface area contributed by atoms with Gasteiger partial charge in [0.25, 0.3) is 5.91 Å². The van der Waals surface area contributed by atoms with Gasteiger partial charge in [-0.25, -0.2) is 4.79 Å². The first kappa shape index (κ1) is 13.2. The minimum atomic E-state index is -0.566. The van der Waals surface area contributed by atoms with Crippen LogP contribution in [-0.4, -0.2) is 28.9 Å². The molecule has 4 heteroatoms. The molecule has 3 amide bonds. The van der Waals surface area contributed by atoms with E-state index in [1.807, 2.05) is 18.2 Å². The quantitative estimate of drug-likeness (QED) is 0.856. The van der Waals surface area contributed by atoms with Gasteiger partial charge in [-0.3, -0.25) is 9.69 Å². The van der Waals surface area contributed by atoms with Crippen molar-refractivity contribution in [2.24, 2.45) is 0 Å². The summed E-state index contributed by atoms with van der Waals surface area (Å²) in [4.78, 5) is 25.8. The Kier molecular flexibility index (Phi) is 3.47. The number of rotatable bonds is 4. The van der Waals surface area contributed by atoms with Crippen molar-refractivity contribution in [3.8, 4) is 0 Å². The highest BCUT2D eigenvalue weighted by Gasteiger charge is 2.51. The van der Waals surface area contributed by atoms with Crippen LogP contribution in [0.5, 0.6) is 0 Å². The van der Waals surface area contributed by atoms with Crippen LogP contribution in [0.4, 0.5) is 4.79 Å². The molecule has 20 heavy (non-hydrogen) atoms. The number of nitrogens with zero attached hydrogens (tertiary/aromatic N) is 1. The summed E-state index contributed by atoms with van der Waals surface area (Å²) < 4.78 is 0. The zero-order chi connectivity index (χ0) is 14.0. The van der Waals surface area contributed by atoms with Gasteiger partial charge in [-0.2, -0.15) is 0 Å². The Morgan fingerprint density at radius 1 is 1.10 bits per heavy atom. The molecule has 1 heterocycles. The van der Waals surface area contributed by atoms with Crippen LogP contribution >= 0.6 is 0 Å². The van der Waals surface area contributed by atoms with Gasteiger partial charge in [0.1, 0.15) is 5.54 Å². The van der Waals surface area contributed by atoms with Gasteiger partial charge in [-0.15, -0.1) is 0 Å². The highest BCUT2D eigenvalue weighted by atomic mass is 16.2. The standard InChI is InChI=1S/C16H20N2O2/c19-14-16(10-4-5-11-16)17-15(20)18(14)12-6-9-13-7-2-1-3-8-13/h1-3,7-8H,4-6,9-12H2,(H,17,20). The maximum absolute atomic E-state index is 12.4. The maximum Gasteiger partial charge on any atom is 0.325 e. The maximum atomic E-state index is 12.4.